The van der Waals surface area contributed by atoms with Crippen LogP contribution in [0.5, 0.6) is 5.75 Å². The highest BCUT2D eigenvalue weighted by Gasteiger charge is 2.17. The van der Waals surface area contributed by atoms with E-state index in [0.717, 1.165) is 22.6 Å². The van der Waals surface area contributed by atoms with Crippen LogP contribution in [0.25, 0.3) is 17.1 Å². The molecular formula is C24H21ClN6O2S. The number of hydrogen-bond donors (Lipinski definition) is 1. The molecular weight excluding hydrogens is 472 g/mol. The van der Waals surface area contributed by atoms with Crippen LogP contribution in [0.15, 0.2) is 83.3 Å². The first-order valence-electron chi connectivity index (χ1n) is 10.4. The molecule has 0 aliphatic heterocycles. The zero-order valence-corrected chi connectivity index (χ0v) is 19.8. The van der Waals surface area contributed by atoms with Crippen molar-refractivity contribution < 1.29 is 9.53 Å². The highest BCUT2D eigenvalue weighted by molar-refractivity contribution is 7.99. The lowest BCUT2D eigenvalue weighted by molar-refractivity contribution is -0.118. The number of hydrogen-bond acceptors (Lipinski definition) is 7. The summed E-state index contributed by atoms with van der Waals surface area (Å²) in [6, 6.07) is 18.6. The van der Waals surface area contributed by atoms with Gasteiger partial charge in [0.1, 0.15) is 5.75 Å². The van der Waals surface area contributed by atoms with Gasteiger partial charge in [0, 0.05) is 34.2 Å². The van der Waals surface area contributed by atoms with Crippen molar-refractivity contribution in [3.63, 3.8) is 0 Å². The number of ether oxygens (including phenoxy) is 1. The molecule has 0 aliphatic rings. The molecule has 4 aromatic rings. The van der Waals surface area contributed by atoms with E-state index in [2.05, 4.69) is 25.7 Å². The number of carbonyl (C=O) groups excluding carboxylic acids is 1. The molecule has 0 radical (unpaired) electrons. The number of benzene rings is 2. The Morgan fingerprint density at radius 2 is 1.94 bits per heavy atom. The second-order valence-corrected chi connectivity index (χ2v) is 8.32. The van der Waals surface area contributed by atoms with E-state index in [9.17, 15) is 4.79 Å². The van der Waals surface area contributed by atoms with Crippen LogP contribution in [0.1, 0.15) is 12.5 Å². The zero-order valence-electron chi connectivity index (χ0n) is 18.3. The maximum Gasteiger partial charge on any atom is 0.250 e. The summed E-state index contributed by atoms with van der Waals surface area (Å²) >= 11 is 7.32. The minimum Gasteiger partial charge on any atom is -0.494 e. The van der Waals surface area contributed by atoms with Crippen LogP contribution in [0, 0.1) is 0 Å². The Morgan fingerprint density at radius 1 is 1.15 bits per heavy atom. The molecule has 0 atom stereocenters. The Labute approximate surface area is 206 Å². The maximum absolute atomic E-state index is 12.3. The van der Waals surface area contributed by atoms with Crippen molar-refractivity contribution in [2.75, 3.05) is 12.4 Å². The fourth-order valence-electron chi connectivity index (χ4n) is 3.03. The van der Waals surface area contributed by atoms with Crippen LogP contribution in [-0.4, -0.2) is 44.2 Å². The van der Waals surface area contributed by atoms with Gasteiger partial charge in [-0.3, -0.25) is 14.3 Å². The van der Waals surface area contributed by atoms with Crippen molar-refractivity contribution in [3.05, 3.63) is 83.6 Å². The van der Waals surface area contributed by atoms with Crippen LogP contribution in [-0.2, 0) is 4.79 Å². The van der Waals surface area contributed by atoms with Crippen molar-refractivity contribution in [1.82, 2.24) is 25.2 Å². The summed E-state index contributed by atoms with van der Waals surface area (Å²) in [4.78, 5) is 16.3. The SMILES string of the molecule is CCOc1ccc(-n2c(SCC(=O)N/N=C\c3cccnc3)nnc2-c2ccc(Cl)cc2)cc1. The second-order valence-electron chi connectivity index (χ2n) is 6.94. The monoisotopic (exact) mass is 492 g/mol. The van der Waals surface area contributed by atoms with E-state index in [1.165, 1.54) is 18.0 Å². The first-order chi connectivity index (χ1) is 16.6. The number of pyridine rings is 1. The quantitative estimate of drug-likeness (QED) is 0.208. The number of aromatic nitrogens is 4. The zero-order chi connectivity index (χ0) is 23.8. The lowest BCUT2D eigenvalue weighted by Gasteiger charge is -2.11. The fourth-order valence-corrected chi connectivity index (χ4v) is 3.90. The van der Waals surface area contributed by atoms with Gasteiger partial charge < -0.3 is 4.74 Å². The maximum atomic E-state index is 12.3. The van der Waals surface area contributed by atoms with Crippen molar-refractivity contribution in [2.45, 2.75) is 12.1 Å². The molecule has 34 heavy (non-hydrogen) atoms. The number of nitrogens with zero attached hydrogens (tertiary/aromatic N) is 5. The lowest BCUT2D eigenvalue weighted by atomic mass is 10.2. The second kappa shape index (κ2) is 11.4. The van der Waals surface area contributed by atoms with Crippen molar-refractivity contribution in [1.29, 1.82) is 0 Å². The molecule has 2 aromatic carbocycles. The van der Waals surface area contributed by atoms with Gasteiger partial charge in [0.2, 0.25) is 0 Å². The molecule has 0 fully saturated rings. The molecule has 172 valence electrons. The van der Waals surface area contributed by atoms with Gasteiger partial charge in [-0.2, -0.15) is 5.10 Å². The first-order valence-corrected chi connectivity index (χ1v) is 11.8. The molecule has 4 rings (SSSR count). The molecule has 1 amide bonds. The minimum atomic E-state index is -0.264. The normalized spacial score (nSPS) is 11.0. The van der Waals surface area contributed by atoms with E-state index in [1.807, 2.05) is 54.0 Å². The third-order valence-corrected chi connectivity index (χ3v) is 5.74. The Kier molecular flexibility index (Phi) is 7.90. The summed E-state index contributed by atoms with van der Waals surface area (Å²) in [5.74, 6) is 1.25. The third kappa shape index (κ3) is 6.00. The van der Waals surface area contributed by atoms with E-state index in [0.29, 0.717) is 22.6 Å². The van der Waals surface area contributed by atoms with Gasteiger partial charge >= 0.3 is 0 Å². The van der Waals surface area contributed by atoms with Gasteiger partial charge in [-0.15, -0.1) is 10.2 Å². The molecule has 0 unspecified atom stereocenters. The first kappa shape index (κ1) is 23.5. The Balaban J connectivity index is 1.53. The van der Waals surface area contributed by atoms with Gasteiger partial charge in [-0.05, 0) is 61.5 Å². The van der Waals surface area contributed by atoms with E-state index in [1.54, 1.807) is 30.6 Å². The van der Waals surface area contributed by atoms with E-state index in [4.69, 9.17) is 16.3 Å². The number of thioether (sulfide) groups is 1. The van der Waals surface area contributed by atoms with Crippen molar-refractivity contribution in [3.8, 4) is 22.8 Å². The van der Waals surface area contributed by atoms with Crippen LogP contribution in [0.3, 0.4) is 0 Å². The molecule has 0 bridgehead atoms. The number of halogens is 1. The molecule has 0 saturated carbocycles. The fraction of sp³-hybridized carbons (Fsp3) is 0.125. The standard InChI is InChI=1S/C24H21ClN6O2S/c1-2-33-21-11-9-20(10-12-21)31-23(18-5-7-19(25)8-6-18)29-30-24(31)34-16-22(32)28-27-15-17-4-3-13-26-14-17/h3-15H,2,16H2,1H3,(H,28,32)/b27-15-. The average molecular weight is 493 g/mol. The number of nitrogens with one attached hydrogen (secondary N) is 1. The van der Waals surface area contributed by atoms with E-state index in [-0.39, 0.29) is 11.7 Å². The topological polar surface area (TPSA) is 94.3 Å². The highest BCUT2D eigenvalue weighted by atomic mass is 35.5. The summed E-state index contributed by atoms with van der Waals surface area (Å²) < 4.78 is 7.45. The molecule has 0 aliphatic carbocycles. The van der Waals surface area contributed by atoms with Crippen molar-refractivity contribution in [2.24, 2.45) is 5.10 Å². The molecule has 0 spiro atoms. The average Bonchev–Trinajstić information content (AvgIpc) is 3.28. The Morgan fingerprint density at radius 3 is 2.65 bits per heavy atom. The van der Waals surface area contributed by atoms with Gasteiger partial charge in [0.15, 0.2) is 11.0 Å². The summed E-state index contributed by atoms with van der Waals surface area (Å²) in [7, 11) is 0. The van der Waals surface area contributed by atoms with E-state index >= 15 is 0 Å². The molecule has 8 nitrogen and oxygen atoms in total. The van der Waals surface area contributed by atoms with Crippen LogP contribution < -0.4 is 10.2 Å². The summed E-state index contributed by atoms with van der Waals surface area (Å²) in [5, 5.41) is 13.9. The Hall–Kier alpha value is -3.69. The smallest absolute Gasteiger partial charge is 0.250 e. The van der Waals surface area contributed by atoms with Crippen LogP contribution in [0.4, 0.5) is 0 Å². The summed E-state index contributed by atoms with van der Waals surface area (Å²) in [5.41, 5.74) is 5.00. The van der Waals surface area contributed by atoms with Crippen LogP contribution >= 0.6 is 23.4 Å². The number of hydrazone groups is 1. The molecule has 1 N–H and O–H groups in total. The molecule has 2 aromatic heterocycles. The molecule has 0 saturated heterocycles. The number of carbonyl (C=O) groups is 1. The summed E-state index contributed by atoms with van der Waals surface area (Å²) in [6.07, 6.45) is 4.87. The van der Waals surface area contributed by atoms with E-state index < -0.39 is 0 Å². The van der Waals surface area contributed by atoms with Gasteiger partial charge in [-0.25, -0.2) is 5.43 Å². The predicted octanol–water partition coefficient (Wildman–Crippen LogP) is 4.62. The largest absolute Gasteiger partial charge is 0.494 e. The number of rotatable bonds is 9. The van der Waals surface area contributed by atoms with Crippen molar-refractivity contribution >= 4 is 35.5 Å². The predicted molar refractivity (Wildman–Crippen MR) is 134 cm³/mol. The van der Waals surface area contributed by atoms with Gasteiger partial charge in [0.05, 0.1) is 18.6 Å². The molecule has 2 heterocycles. The third-order valence-electron chi connectivity index (χ3n) is 4.56. The Bertz CT molecular complexity index is 1260. The van der Waals surface area contributed by atoms with Gasteiger partial charge in [0.25, 0.3) is 5.91 Å². The highest BCUT2D eigenvalue weighted by Crippen LogP contribution is 2.29. The summed E-state index contributed by atoms with van der Waals surface area (Å²) in [6.45, 7) is 2.52. The lowest BCUT2D eigenvalue weighted by Crippen LogP contribution is -2.20. The van der Waals surface area contributed by atoms with Gasteiger partial charge in [-0.1, -0.05) is 29.4 Å². The minimum absolute atomic E-state index is 0.111. The number of amides is 1. The molecule has 10 heteroatoms. The van der Waals surface area contributed by atoms with Crippen LogP contribution in [0.2, 0.25) is 5.02 Å².